The second-order valence-corrected chi connectivity index (χ2v) is 6.34. The second kappa shape index (κ2) is 5.87. The number of benzene rings is 3. The molecule has 1 atom stereocenters. The van der Waals surface area contributed by atoms with Crippen LogP contribution in [0.1, 0.15) is 38.2 Å². The molecule has 0 amide bonds. The first-order chi connectivity index (χ1) is 12.1. The summed E-state index contributed by atoms with van der Waals surface area (Å²) in [6.45, 7) is 2.01. The molecule has 1 unspecified atom stereocenters. The molecule has 1 heterocycles. The normalized spacial score (nSPS) is 18.7. The largest absolute Gasteiger partial charge is 0.441 e. The van der Waals surface area contributed by atoms with E-state index in [1.54, 1.807) is 6.07 Å². The predicted octanol–water partition coefficient (Wildman–Crippen LogP) is 3.95. The lowest BCUT2D eigenvalue weighted by Crippen LogP contribution is -2.29. The van der Waals surface area contributed by atoms with Crippen LogP contribution < -0.4 is 0 Å². The van der Waals surface area contributed by atoms with Crippen LogP contribution >= 0.6 is 0 Å². The molecule has 0 spiro atoms. The van der Waals surface area contributed by atoms with Crippen LogP contribution in [0.25, 0.3) is 0 Å². The number of aliphatic hydroxyl groups is 1. The van der Waals surface area contributed by atoms with E-state index in [0.717, 1.165) is 27.8 Å². The van der Waals surface area contributed by atoms with Crippen LogP contribution in [0.4, 0.5) is 0 Å². The van der Waals surface area contributed by atoms with Crippen LogP contribution in [-0.4, -0.2) is 11.1 Å². The topological polar surface area (TPSA) is 46.5 Å². The summed E-state index contributed by atoms with van der Waals surface area (Å²) >= 11 is 0. The molecular formula is C22H18O3. The smallest absolute Gasteiger partial charge is 0.340 e. The Labute approximate surface area is 146 Å². The first-order valence-corrected chi connectivity index (χ1v) is 8.25. The molecule has 3 heteroatoms. The Hall–Kier alpha value is -2.91. The monoisotopic (exact) mass is 330 g/mol. The molecule has 0 bridgehead atoms. The van der Waals surface area contributed by atoms with Crippen molar-refractivity contribution in [3.8, 4) is 0 Å². The Morgan fingerprint density at radius 2 is 1.48 bits per heavy atom. The standard InChI is InChI=1S/C22H18O3/c1-15-6-10-17(11-7-15)22(18-12-8-16(14-23)9-13-18)20-5-3-2-4-19(20)21(24)25-22/h2-13,23H,14H2,1H3. The summed E-state index contributed by atoms with van der Waals surface area (Å²) in [4.78, 5) is 12.6. The van der Waals surface area contributed by atoms with E-state index < -0.39 is 5.60 Å². The van der Waals surface area contributed by atoms with Crippen molar-refractivity contribution < 1.29 is 14.6 Å². The van der Waals surface area contributed by atoms with Crippen LogP contribution in [-0.2, 0) is 16.9 Å². The maximum absolute atomic E-state index is 12.6. The summed E-state index contributed by atoms with van der Waals surface area (Å²) in [6, 6.07) is 23.1. The number of aryl methyl sites for hydroxylation is 1. The second-order valence-electron chi connectivity index (χ2n) is 6.34. The van der Waals surface area contributed by atoms with Crippen molar-refractivity contribution in [1.29, 1.82) is 0 Å². The van der Waals surface area contributed by atoms with E-state index in [1.165, 1.54) is 0 Å². The third-order valence-corrected chi connectivity index (χ3v) is 4.77. The predicted molar refractivity (Wildman–Crippen MR) is 95.3 cm³/mol. The molecule has 0 aliphatic carbocycles. The van der Waals surface area contributed by atoms with E-state index in [2.05, 4.69) is 0 Å². The molecule has 25 heavy (non-hydrogen) atoms. The van der Waals surface area contributed by atoms with E-state index in [-0.39, 0.29) is 12.6 Å². The highest BCUT2D eigenvalue weighted by Gasteiger charge is 2.48. The number of esters is 1. The first kappa shape index (κ1) is 15.6. The van der Waals surface area contributed by atoms with Crippen LogP contribution in [0.5, 0.6) is 0 Å². The van der Waals surface area contributed by atoms with Gasteiger partial charge in [-0.2, -0.15) is 0 Å². The fraction of sp³-hybridized carbons (Fsp3) is 0.136. The van der Waals surface area contributed by atoms with Crippen molar-refractivity contribution in [2.45, 2.75) is 19.1 Å². The van der Waals surface area contributed by atoms with Crippen molar-refractivity contribution in [3.05, 3.63) is 106 Å². The van der Waals surface area contributed by atoms with E-state index in [0.29, 0.717) is 5.56 Å². The van der Waals surface area contributed by atoms with Gasteiger partial charge in [-0.25, -0.2) is 4.79 Å². The zero-order chi connectivity index (χ0) is 17.4. The number of aliphatic hydroxyl groups excluding tert-OH is 1. The molecule has 3 aromatic carbocycles. The van der Waals surface area contributed by atoms with Gasteiger partial charge in [-0.3, -0.25) is 0 Å². The van der Waals surface area contributed by atoms with Gasteiger partial charge >= 0.3 is 5.97 Å². The Bertz CT molecular complexity index is 926. The average Bonchev–Trinajstić information content (AvgIpc) is 2.96. The van der Waals surface area contributed by atoms with Gasteiger partial charge < -0.3 is 9.84 Å². The van der Waals surface area contributed by atoms with Crippen molar-refractivity contribution in [2.24, 2.45) is 0 Å². The van der Waals surface area contributed by atoms with Crippen LogP contribution in [0, 0.1) is 6.92 Å². The Morgan fingerprint density at radius 3 is 2.12 bits per heavy atom. The van der Waals surface area contributed by atoms with Crippen molar-refractivity contribution in [3.63, 3.8) is 0 Å². The first-order valence-electron chi connectivity index (χ1n) is 8.25. The molecule has 1 aliphatic rings. The zero-order valence-electron chi connectivity index (χ0n) is 13.9. The molecule has 0 radical (unpaired) electrons. The van der Waals surface area contributed by atoms with Crippen LogP contribution in [0.15, 0.2) is 72.8 Å². The fourth-order valence-corrected chi connectivity index (χ4v) is 3.45. The molecule has 1 aliphatic heterocycles. The van der Waals surface area contributed by atoms with Crippen molar-refractivity contribution >= 4 is 5.97 Å². The van der Waals surface area contributed by atoms with Gasteiger partial charge in [0.15, 0.2) is 5.60 Å². The number of rotatable bonds is 3. The molecular weight excluding hydrogens is 312 g/mol. The number of hydrogen-bond acceptors (Lipinski definition) is 3. The van der Waals surface area contributed by atoms with Gasteiger partial charge in [0.05, 0.1) is 12.2 Å². The van der Waals surface area contributed by atoms with Gasteiger partial charge in [-0.05, 0) is 18.6 Å². The lowest BCUT2D eigenvalue weighted by molar-refractivity contribution is 0.0251. The third kappa shape index (κ3) is 2.36. The number of cyclic esters (lactones) is 1. The van der Waals surface area contributed by atoms with Gasteiger partial charge in [0.25, 0.3) is 0 Å². The van der Waals surface area contributed by atoms with Crippen LogP contribution in [0.3, 0.4) is 0 Å². The summed E-state index contributed by atoms with van der Waals surface area (Å²) in [6.07, 6.45) is 0. The quantitative estimate of drug-likeness (QED) is 0.740. The Balaban J connectivity index is 1.99. The number of fused-ring (bicyclic) bond motifs is 1. The van der Waals surface area contributed by atoms with Gasteiger partial charge in [0.1, 0.15) is 0 Å². The molecule has 1 N–H and O–H groups in total. The van der Waals surface area contributed by atoms with E-state index in [9.17, 15) is 9.90 Å². The summed E-state index contributed by atoms with van der Waals surface area (Å²) in [7, 11) is 0. The minimum Gasteiger partial charge on any atom is -0.441 e. The van der Waals surface area contributed by atoms with E-state index in [1.807, 2.05) is 73.7 Å². The lowest BCUT2D eigenvalue weighted by Gasteiger charge is -2.30. The van der Waals surface area contributed by atoms with Crippen molar-refractivity contribution in [1.82, 2.24) is 0 Å². The molecule has 3 nitrogen and oxygen atoms in total. The molecule has 124 valence electrons. The molecule has 4 rings (SSSR count). The Morgan fingerprint density at radius 1 is 0.880 bits per heavy atom. The zero-order valence-corrected chi connectivity index (χ0v) is 13.9. The summed E-state index contributed by atoms with van der Waals surface area (Å²) < 4.78 is 6.00. The molecule has 0 saturated heterocycles. The lowest BCUT2D eigenvalue weighted by atomic mass is 9.79. The van der Waals surface area contributed by atoms with Crippen molar-refractivity contribution in [2.75, 3.05) is 0 Å². The summed E-state index contributed by atoms with van der Waals surface area (Å²) in [5.41, 5.74) is 4.22. The Kier molecular flexibility index (Phi) is 3.66. The number of ether oxygens (including phenoxy) is 1. The molecule has 0 aromatic heterocycles. The molecule has 0 saturated carbocycles. The highest BCUT2D eigenvalue weighted by Crippen LogP contribution is 2.46. The maximum atomic E-state index is 12.6. The number of carbonyl (C=O) groups is 1. The molecule has 0 fully saturated rings. The minimum atomic E-state index is -0.963. The van der Waals surface area contributed by atoms with Crippen LogP contribution in [0.2, 0.25) is 0 Å². The van der Waals surface area contributed by atoms with Gasteiger partial charge in [-0.1, -0.05) is 72.3 Å². The third-order valence-electron chi connectivity index (χ3n) is 4.77. The molecule has 3 aromatic rings. The highest BCUT2D eigenvalue weighted by molar-refractivity contribution is 5.96. The highest BCUT2D eigenvalue weighted by atomic mass is 16.6. The summed E-state index contributed by atoms with van der Waals surface area (Å²) in [5.74, 6) is -0.317. The maximum Gasteiger partial charge on any atom is 0.340 e. The van der Waals surface area contributed by atoms with Gasteiger partial charge in [-0.15, -0.1) is 0 Å². The fourth-order valence-electron chi connectivity index (χ4n) is 3.45. The van der Waals surface area contributed by atoms with E-state index >= 15 is 0 Å². The van der Waals surface area contributed by atoms with Gasteiger partial charge in [0.2, 0.25) is 0 Å². The van der Waals surface area contributed by atoms with E-state index in [4.69, 9.17) is 4.74 Å². The number of hydrogen-bond donors (Lipinski definition) is 1. The average molecular weight is 330 g/mol. The SMILES string of the molecule is Cc1ccc(C2(c3ccc(CO)cc3)OC(=O)c3ccccc32)cc1. The van der Waals surface area contributed by atoms with Gasteiger partial charge in [0, 0.05) is 16.7 Å². The minimum absolute atomic E-state index is 0.0197. The number of carbonyl (C=O) groups excluding carboxylic acids is 1. The summed E-state index contributed by atoms with van der Waals surface area (Å²) in [5, 5.41) is 9.32.